The van der Waals surface area contributed by atoms with E-state index in [0.29, 0.717) is 0 Å². The van der Waals surface area contributed by atoms with Crippen LogP contribution in [0.1, 0.15) is 0 Å². The second kappa shape index (κ2) is 6.61. The van der Waals surface area contributed by atoms with Crippen LogP contribution in [-0.4, -0.2) is 108 Å². The lowest BCUT2D eigenvalue weighted by Crippen LogP contribution is -2.74. The molecule has 2 heterocycles. The van der Waals surface area contributed by atoms with Gasteiger partial charge in [-0.2, -0.15) is 0 Å². The molecule has 2 fully saturated rings. The largest absolute Gasteiger partial charge is 0.394 e. The summed E-state index contributed by atoms with van der Waals surface area (Å²) in [6.07, 6.45) is -13.3. The van der Waals surface area contributed by atoms with E-state index in [2.05, 4.69) is 0 Å². The molecule has 10 heteroatoms. The van der Waals surface area contributed by atoms with E-state index in [-0.39, 0.29) is 0 Å². The first-order valence-electron chi connectivity index (χ1n) is 6.77. The fraction of sp³-hybridized carbons (Fsp3) is 0.917. The van der Waals surface area contributed by atoms with Crippen molar-refractivity contribution in [3.05, 3.63) is 6.61 Å². The molecule has 2 rings (SSSR count). The van der Waals surface area contributed by atoms with Crippen LogP contribution in [0.15, 0.2) is 0 Å². The van der Waals surface area contributed by atoms with Crippen LogP contribution in [-0.2, 0) is 9.47 Å². The number of ether oxygens (including phenoxy) is 2. The molecule has 0 spiro atoms. The molecule has 0 unspecified atom stereocenters. The molecule has 0 aromatic rings. The third-order valence-corrected chi connectivity index (χ3v) is 4.21. The molecular weight excluding hydrogens is 304 g/mol. The minimum absolute atomic E-state index is 0.690. The fourth-order valence-electron chi connectivity index (χ4n) is 2.79. The average Bonchev–Trinajstić information content (AvgIpc) is 2.51. The molecule has 1 radical (unpaired) electrons. The number of hydrogen-bond acceptors (Lipinski definition) is 10. The quantitative estimate of drug-likeness (QED) is 0.250. The van der Waals surface area contributed by atoms with Gasteiger partial charge in [0.15, 0.2) is 5.60 Å². The van der Waals surface area contributed by atoms with Crippen LogP contribution < -0.4 is 0 Å². The van der Waals surface area contributed by atoms with Gasteiger partial charge in [-0.15, -0.1) is 0 Å². The fourth-order valence-corrected chi connectivity index (χ4v) is 2.79. The molecule has 0 aromatic carbocycles. The lowest BCUT2D eigenvalue weighted by molar-refractivity contribution is -0.323. The molecule has 8 N–H and O–H groups in total. The number of aliphatic hydroxyl groups is 8. The maximum Gasteiger partial charge on any atom is 0.150 e. The Labute approximate surface area is 125 Å². The highest BCUT2D eigenvalue weighted by molar-refractivity contribution is 5.13. The highest BCUT2D eigenvalue weighted by Gasteiger charge is 2.61. The van der Waals surface area contributed by atoms with Crippen LogP contribution >= 0.6 is 0 Å². The standard InChI is InChI=1S/C12H21O10/c13-1-4-7(16)8(17)9(18)11(22-4)12(20)6(15)3-21-5(2-14)10(12)19/h3-11,13-20H,1-2H2/t4-,5-,6+,7-,8+,9-,10-,11+,12-/m1/s1. The molecule has 2 saturated heterocycles. The zero-order valence-electron chi connectivity index (χ0n) is 11.5. The minimum Gasteiger partial charge on any atom is -0.394 e. The van der Waals surface area contributed by atoms with Crippen molar-refractivity contribution in [2.45, 2.75) is 54.4 Å². The summed E-state index contributed by atoms with van der Waals surface area (Å²) in [7, 11) is 0. The van der Waals surface area contributed by atoms with Crippen molar-refractivity contribution >= 4 is 0 Å². The van der Waals surface area contributed by atoms with Crippen molar-refractivity contribution < 1.29 is 50.3 Å². The van der Waals surface area contributed by atoms with Gasteiger partial charge in [0.2, 0.25) is 0 Å². The Morgan fingerprint density at radius 3 is 2.00 bits per heavy atom. The molecule has 9 atom stereocenters. The Morgan fingerprint density at radius 2 is 1.45 bits per heavy atom. The van der Waals surface area contributed by atoms with Crippen LogP contribution in [0.4, 0.5) is 0 Å². The average molecular weight is 325 g/mol. The van der Waals surface area contributed by atoms with Crippen LogP contribution in [0.2, 0.25) is 0 Å². The Morgan fingerprint density at radius 1 is 0.864 bits per heavy atom. The van der Waals surface area contributed by atoms with E-state index in [1.54, 1.807) is 0 Å². The second-order valence-electron chi connectivity index (χ2n) is 5.52. The van der Waals surface area contributed by atoms with Gasteiger partial charge in [0, 0.05) is 0 Å². The molecular formula is C12H21O10. The van der Waals surface area contributed by atoms with Crippen LogP contribution in [0, 0.1) is 6.61 Å². The SMILES string of the molecule is OC[C@H]1O[C@H]([C@]2(O)[C@H](O)[C@@H](CO)O[CH][C@@H]2O)[C@H](O)[C@@H](O)[C@@H]1O. The molecule has 0 bridgehead atoms. The minimum atomic E-state index is -2.53. The molecule has 0 aromatic heterocycles. The molecule has 2 aliphatic rings. The molecule has 22 heavy (non-hydrogen) atoms. The summed E-state index contributed by atoms with van der Waals surface area (Å²) < 4.78 is 10.0. The summed E-state index contributed by atoms with van der Waals surface area (Å²) in [5.74, 6) is 0. The van der Waals surface area contributed by atoms with Gasteiger partial charge < -0.3 is 50.3 Å². The van der Waals surface area contributed by atoms with Crippen molar-refractivity contribution in [1.82, 2.24) is 0 Å². The van der Waals surface area contributed by atoms with E-state index in [1.807, 2.05) is 0 Å². The number of hydrogen-bond donors (Lipinski definition) is 8. The second-order valence-corrected chi connectivity index (χ2v) is 5.52. The number of rotatable bonds is 3. The third-order valence-electron chi connectivity index (χ3n) is 4.21. The molecule has 2 aliphatic heterocycles. The van der Waals surface area contributed by atoms with Crippen molar-refractivity contribution in [2.75, 3.05) is 13.2 Å². The Hall–Kier alpha value is -0.400. The normalized spacial score (nSPS) is 53.5. The number of aliphatic hydroxyl groups excluding tert-OH is 7. The molecule has 0 aliphatic carbocycles. The van der Waals surface area contributed by atoms with Gasteiger partial charge in [-0.1, -0.05) is 0 Å². The molecule has 0 saturated carbocycles. The lowest BCUT2D eigenvalue weighted by atomic mass is 9.75. The highest BCUT2D eigenvalue weighted by Crippen LogP contribution is 2.37. The summed E-state index contributed by atoms with van der Waals surface area (Å²) in [6, 6.07) is 0. The summed E-state index contributed by atoms with van der Waals surface area (Å²) >= 11 is 0. The van der Waals surface area contributed by atoms with Crippen molar-refractivity contribution in [2.24, 2.45) is 0 Å². The van der Waals surface area contributed by atoms with E-state index in [1.165, 1.54) is 0 Å². The monoisotopic (exact) mass is 325 g/mol. The molecule has 0 amide bonds. The van der Waals surface area contributed by atoms with Crippen LogP contribution in [0.25, 0.3) is 0 Å². The third kappa shape index (κ3) is 2.65. The van der Waals surface area contributed by atoms with Crippen molar-refractivity contribution in [3.8, 4) is 0 Å². The molecule has 129 valence electrons. The van der Waals surface area contributed by atoms with E-state index in [4.69, 9.17) is 19.7 Å². The predicted molar refractivity (Wildman–Crippen MR) is 67.0 cm³/mol. The zero-order valence-corrected chi connectivity index (χ0v) is 11.5. The van der Waals surface area contributed by atoms with E-state index >= 15 is 0 Å². The van der Waals surface area contributed by atoms with Gasteiger partial charge in [0.1, 0.15) is 55.4 Å². The van der Waals surface area contributed by atoms with Crippen LogP contribution in [0.5, 0.6) is 0 Å². The van der Waals surface area contributed by atoms with E-state index < -0.39 is 67.6 Å². The lowest BCUT2D eigenvalue weighted by Gasteiger charge is -2.52. The van der Waals surface area contributed by atoms with Gasteiger partial charge in [-0.25, -0.2) is 0 Å². The smallest absolute Gasteiger partial charge is 0.150 e. The van der Waals surface area contributed by atoms with Crippen molar-refractivity contribution in [1.29, 1.82) is 0 Å². The Bertz CT molecular complexity index is 379. The van der Waals surface area contributed by atoms with E-state index in [9.17, 15) is 30.6 Å². The first-order valence-corrected chi connectivity index (χ1v) is 6.77. The summed E-state index contributed by atoms with van der Waals surface area (Å²) in [4.78, 5) is 0. The van der Waals surface area contributed by atoms with Gasteiger partial charge in [0.05, 0.1) is 13.2 Å². The van der Waals surface area contributed by atoms with Gasteiger partial charge in [0.25, 0.3) is 0 Å². The predicted octanol–water partition coefficient (Wildman–Crippen LogP) is -5.17. The first-order chi connectivity index (χ1) is 10.3. The van der Waals surface area contributed by atoms with Crippen molar-refractivity contribution in [3.63, 3.8) is 0 Å². The summed E-state index contributed by atoms with van der Waals surface area (Å²) in [5, 5.41) is 78.4. The maximum absolute atomic E-state index is 10.6. The summed E-state index contributed by atoms with van der Waals surface area (Å²) in [6.45, 7) is -0.660. The summed E-state index contributed by atoms with van der Waals surface area (Å²) in [5.41, 5.74) is -2.53. The maximum atomic E-state index is 10.6. The van der Waals surface area contributed by atoms with Crippen LogP contribution in [0.3, 0.4) is 0 Å². The highest BCUT2D eigenvalue weighted by atomic mass is 16.6. The Balaban J connectivity index is 2.33. The topological polar surface area (TPSA) is 180 Å². The Kier molecular flexibility index (Phi) is 5.39. The first kappa shape index (κ1) is 17.9. The zero-order chi connectivity index (χ0) is 16.7. The van der Waals surface area contributed by atoms with Gasteiger partial charge in [-0.05, 0) is 0 Å². The van der Waals surface area contributed by atoms with E-state index in [0.717, 1.165) is 6.61 Å². The molecule has 10 nitrogen and oxygen atoms in total. The van der Waals surface area contributed by atoms with Gasteiger partial charge >= 0.3 is 0 Å². The van der Waals surface area contributed by atoms with Gasteiger partial charge in [-0.3, -0.25) is 0 Å².